The quantitative estimate of drug-likeness (QED) is 0.850. The average Bonchev–Trinajstić information content (AvgIpc) is 2.77. The van der Waals surface area contributed by atoms with E-state index in [0.717, 1.165) is 35.9 Å². The Labute approximate surface area is 105 Å². The van der Waals surface area contributed by atoms with Crippen LogP contribution in [0.3, 0.4) is 0 Å². The van der Waals surface area contributed by atoms with Crippen LogP contribution in [-0.2, 0) is 19.3 Å². The standard InChI is InChI=1S/C12H15ClN4/c13-10-4-1-9(2-5-10)3-6-11-15-12(7-8-14)17-16-11/h1-2,4-5H,3,6-8,14H2,(H,15,16,17). The lowest BCUT2D eigenvalue weighted by Crippen LogP contribution is -2.04. The first-order chi connectivity index (χ1) is 8.28. The second-order valence-corrected chi connectivity index (χ2v) is 4.30. The van der Waals surface area contributed by atoms with Gasteiger partial charge in [0, 0.05) is 17.9 Å². The molecule has 1 aromatic carbocycles. The summed E-state index contributed by atoms with van der Waals surface area (Å²) in [6.07, 6.45) is 2.48. The minimum atomic E-state index is 0.589. The lowest BCUT2D eigenvalue weighted by atomic mass is 10.1. The lowest BCUT2D eigenvalue weighted by molar-refractivity contribution is 0.864. The van der Waals surface area contributed by atoms with E-state index in [1.54, 1.807) is 0 Å². The second-order valence-electron chi connectivity index (χ2n) is 3.86. The number of halogens is 1. The number of benzene rings is 1. The lowest BCUT2D eigenvalue weighted by Gasteiger charge is -1.98. The van der Waals surface area contributed by atoms with Gasteiger partial charge in [-0.3, -0.25) is 5.10 Å². The van der Waals surface area contributed by atoms with Gasteiger partial charge in [-0.05, 0) is 30.7 Å². The SMILES string of the molecule is NCCc1nc(CCc2ccc(Cl)cc2)n[nH]1. The second kappa shape index (κ2) is 5.80. The highest BCUT2D eigenvalue weighted by atomic mass is 35.5. The molecule has 17 heavy (non-hydrogen) atoms. The molecule has 3 N–H and O–H groups in total. The molecule has 1 aromatic heterocycles. The maximum Gasteiger partial charge on any atom is 0.151 e. The van der Waals surface area contributed by atoms with Crippen molar-refractivity contribution in [3.8, 4) is 0 Å². The van der Waals surface area contributed by atoms with Crippen LogP contribution in [0.15, 0.2) is 24.3 Å². The highest BCUT2D eigenvalue weighted by Crippen LogP contribution is 2.11. The molecule has 2 rings (SSSR count). The number of nitrogens with zero attached hydrogens (tertiary/aromatic N) is 2. The van der Waals surface area contributed by atoms with Crippen LogP contribution < -0.4 is 5.73 Å². The number of rotatable bonds is 5. The van der Waals surface area contributed by atoms with E-state index >= 15 is 0 Å². The van der Waals surface area contributed by atoms with Gasteiger partial charge in [0.2, 0.25) is 0 Å². The van der Waals surface area contributed by atoms with Crippen molar-refractivity contribution in [3.63, 3.8) is 0 Å². The zero-order chi connectivity index (χ0) is 12.1. The van der Waals surface area contributed by atoms with E-state index in [9.17, 15) is 0 Å². The normalized spacial score (nSPS) is 10.7. The number of nitrogens with two attached hydrogens (primary N) is 1. The molecular weight excluding hydrogens is 236 g/mol. The van der Waals surface area contributed by atoms with E-state index < -0.39 is 0 Å². The molecule has 0 bridgehead atoms. The Kier molecular flexibility index (Phi) is 4.12. The number of aromatic nitrogens is 3. The molecule has 0 saturated carbocycles. The topological polar surface area (TPSA) is 67.6 Å². The fourth-order valence-electron chi connectivity index (χ4n) is 1.60. The summed E-state index contributed by atoms with van der Waals surface area (Å²) in [6.45, 7) is 0.589. The van der Waals surface area contributed by atoms with E-state index in [-0.39, 0.29) is 0 Å². The van der Waals surface area contributed by atoms with Crippen molar-refractivity contribution in [3.05, 3.63) is 46.5 Å². The van der Waals surface area contributed by atoms with Crippen molar-refractivity contribution in [2.75, 3.05) is 6.54 Å². The van der Waals surface area contributed by atoms with Crippen LogP contribution in [0.2, 0.25) is 5.02 Å². The van der Waals surface area contributed by atoms with Crippen molar-refractivity contribution >= 4 is 11.6 Å². The van der Waals surface area contributed by atoms with Crippen LogP contribution in [0.25, 0.3) is 0 Å². The first-order valence-corrected chi connectivity index (χ1v) is 6.00. The molecule has 0 aliphatic rings. The summed E-state index contributed by atoms with van der Waals surface area (Å²) in [5.74, 6) is 1.70. The van der Waals surface area contributed by atoms with Crippen molar-refractivity contribution in [2.45, 2.75) is 19.3 Å². The molecular formula is C12H15ClN4. The van der Waals surface area contributed by atoms with E-state index in [1.807, 2.05) is 24.3 Å². The van der Waals surface area contributed by atoms with Gasteiger partial charge in [-0.1, -0.05) is 23.7 Å². The Morgan fingerprint density at radius 2 is 1.88 bits per heavy atom. The first-order valence-electron chi connectivity index (χ1n) is 5.62. The Balaban J connectivity index is 1.90. The van der Waals surface area contributed by atoms with E-state index in [1.165, 1.54) is 5.56 Å². The largest absolute Gasteiger partial charge is 0.330 e. The van der Waals surface area contributed by atoms with Crippen molar-refractivity contribution in [2.24, 2.45) is 5.73 Å². The van der Waals surface area contributed by atoms with Gasteiger partial charge in [-0.25, -0.2) is 4.98 Å². The summed E-state index contributed by atoms with van der Waals surface area (Å²) in [5, 5.41) is 7.80. The molecule has 0 saturated heterocycles. The van der Waals surface area contributed by atoms with Crippen molar-refractivity contribution in [1.29, 1.82) is 0 Å². The van der Waals surface area contributed by atoms with E-state index in [0.29, 0.717) is 6.54 Å². The third-order valence-corrected chi connectivity index (χ3v) is 2.76. The highest BCUT2D eigenvalue weighted by molar-refractivity contribution is 6.30. The number of aryl methyl sites for hydroxylation is 2. The van der Waals surface area contributed by atoms with Gasteiger partial charge in [-0.15, -0.1) is 0 Å². The molecule has 0 atom stereocenters. The zero-order valence-corrected chi connectivity index (χ0v) is 10.2. The molecule has 0 amide bonds. The number of H-pyrrole nitrogens is 1. The van der Waals surface area contributed by atoms with Crippen LogP contribution in [0.1, 0.15) is 17.2 Å². The predicted octanol–water partition coefficient (Wildman–Crippen LogP) is 1.74. The van der Waals surface area contributed by atoms with Crippen molar-refractivity contribution in [1.82, 2.24) is 15.2 Å². The van der Waals surface area contributed by atoms with Crippen molar-refractivity contribution < 1.29 is 0 Å². The third-order valence-electron chi connectivity index (χ3n) is 2.51. The molecule has 90 valence electrons. The smallest absolute Gasteiger partial charge is 0.151 e. The molecule has 5 heteroatoms. The van der Waals surface area contributed by atoms with Gasteiger partial charge in [0.1, 0.15) is 5.82 Å². The Bertz CT molecular complexity index is 464. The Morgan fingerprint density at radius 1 is 1.12 bits per heavy atom. The average molecular weight is 251 g/mol. The molecule has 0 radical (unpaired) electrons. The van der Waals surface area contributed by atoms with Crippen LogP contribution in [0.4, 0.5) is 0 Å². The van der Waals surface area contributed by atoms with Gasteiger partial charge in [0.15, 0.2) is 5.82 Å². The summed E-state index contributed by atoms with van der Waals surface area (Å²) in [4.78, 5) is 4.36. The van der Waals surface area contributed by atoms with Crippen LogP contribution in [-0.4, -0.2) is 21.7 Å². The molecule has 0 aliphatic carbocycles. The van der Waals surface area contributed by atoms with Gasteiger partial charge in [0.25, 0.3) is 0 Å². The molecule has 4 nitrogen and oxygen atoms in total. The van der Waals surface area contributed by atoms with Crippen LogP contribution >= 0.6 is 11.6 Å². The molecule has 2 aromatic rings. The Morgan fingerprint density at radius 3 is 2.59 bits per heavy atom. The van der Waals surface area contributed by atoms with Gasteiger partial charge < -0.3 is 5.73 Å². The highest BCUT2D eigenvalue weighted by Gasteiger charge is 2.03. The number of nitrogens with one attached hydrogen (secondary N) is 1. The van der Waals surface area contributed by atoms with Gasteiger partial charge >= 0.3 is 0 Å². The number of aromatic amines is 1. The first kappa shape index (κ1) is 12.1. The summed E-state index contributed by atoms with van der Waals surface area (Å²) >= 11 is 5.83. The zero-order valence-electron chi connectivity index (χ0n) is 9.49. The summed E-state index contributed by atoms with van der Waals surface area (Å²) in [6, 6.07) is 7.84. The minimum Gasteiger partial charge on any atom is -0.330 e. The number of hydrogen-bond acceptors (Lipinski definition) is 3. The monoisotopic (exact) mass is 250 g/mol. The van der Waals surface area contributed by atoms with E-state index in [4.69, 9.17) is 17.3 Å². The molecule has 0 spiro atoms. The molecule has 0 unspecified atom stereocenters. The van der Waals surface area contributed by atoms with Crippen LogP contribution in [0, 0.1) is 0 Å². The van der Waals surface area contributed by atoms with E-state index in [2.05, 4.69) is 15.2 Å². The Hall–Kier alpha value is -1.39. The van der Waals surface area contributed by atoms with Crippen LogP contribution in [0.5, 0.6) is 0 Å². The van der Waals surface area contributed by atoms with Gasteiger partial charge in [-0.2, -0.15) is 5.10 Å². The molecule has 0 aliphatic heterocycles. The predicted molar refractivity (Wildman–Crippen MR) is 68.0 cm³/mol. The molecule has 1 heterocycles. The summed E-state index contributed by atoms with van der Waals surface area (Å²) in [7, 11) is 0. The summed E-state index contributed by atoms with van der Waals surface area (Å²) < 4.78 is 0. The maximum atomic E-state index is 5.83. The third kappa shape index (κ3) is 3.54. The fraction of sp³-hybridized carbons (Fsp3) is 0.333. The minimum absolute atomic E-state index is 0.589. The summed E-state index contributed by atoms with van der Waals surface area (Å²) in [5.41, 5.74) is 6.68. The van der Waals surface area contributed by atoms with Gasteiger partial charge in [0.05, 0.1) is 0 Å². The maximum absolute atomic E-state index is 5.83. The fourth-order valence-corrected chi connectivity index (χ4v) is 1.73. The molecule has 0 fully saturated rings. The number of hydrogen-bond donors (Lipinski definition) is 2.